The summed E-state index contributed by atoms with van der Waals surface area (Å²) in [5, 5.41) is 7.49. The number of carbonyl (C=O) groups is 1. The normalized spacial score (nSPS) is 11.6. The molecule has 28 heavy (non-hydrogen) atoms. The molecule has 0 fully saturated rings. The van der Waals surface area contributed by atoms with Crippen molar-refractivity contribution in [2.24, 2.45) is 5.41 Å². The third-order valence-electron chi connectivity index (χ3n) is 4.31. The molecule has 0 unspecified atom stereocenters. The molecule has 0 atom stereocenters. The van der Waals surface area contributed by atoms with Crippen LogP contribution in [0.25, 0.3) is 17.1 Å². The summed E-state index contributed by atoms with van der Waals surface area (Å²) < 4.78 is 1.72. The monoisotopic (exact) mass is 377 g/mol. The van der Waals surface area contributed by atoms with Crippen LogP contribution in [0.15, 0.2) is 60.7 Å². The summed E-state index contributed by atoms with van der Waals surface area (Å²) in [6.07, 6.45) is 0. The van der Waals surface area contributed by atoms with Crippen LogP contribution in [-0.2, 0) is 0 Å². The molecule has 0 aliphatic carbocycles. The average Bonchev–Trinajstić information content (AvgIpc) is 3.12. The van der Waals surface area contributed by atoms with E-state index in [0.29, 0.717) is 12.4 Å². The van der Waals surface area contributed by atoms with Crippen molar-refractivity contribution in [2.45, 2.75) is 13.8 Å². The van der Waals surface area contributed by atoms with Crippen LogP contribution in [0, 0.1) is 5.41 Å². The molecule has 2 aromatic carbocycles. The van der Waals surface area contributed by atoms with Gasteiger partial charge >= 0.3 is 0 Å². The first-order chi connectivity index (χ1) is 13.4. The first-order valence-electron chi connectivity index (χ1n) is 9.36. The van der Waals surface area contributed by atoms with Crippen molar-refractivity contribution < 1.29 is 4.79 Å². The minimum Gasteiger partial charge on any atom is -0.349 e. The van der Waals surface area contributed by atoms with Crippen LogP contribution in [0.4, 0.5) is 0 Å². The molecule has 1 heterocycles. The van der Waals surface area contributed by atoms with Gasteiger partial charge in [0.05, 0.1) is 5.69 Å². The number of para-hydroxylation sites is 1. The van der Waals surface area contributed by atoms with Crippen LogP contribution >= 0.6 is 0 Å². The number of nitrogens with zero attached hydrogens (tertiary/aromatic N) is 4. The van der Waals surface area contributed by atoms with Gasteiger partial charge < -0.3 is 10.2 Å². The lowest BCUT2D eigenvalue weighted by molar-refractivity contribution is 0.0919. The molecule has 6 heteroatoms. The van der Waals surface area contributed by atoms with Gasteiger partial charge in [0, 0.05) is 18.7 Å². The lowest BCUT2D eigenvalue weighted by Gasteiger charge is -2.28. The number of carbonyl (C=O) groups excluding carboxylic acids is 1. The molecular formula is C22H27N5O. The molecule has 0 spiro atoms. The van der Waals surface area contributed by atoms with Gasteiger partial charge in [0.15, 0.2) is 5.82 Å². The summed E-state index contributed by atoms with van der Waals surface area (Å²) in [5.41, 5.74) is 1.72. The minimum atomic E-state index is -0.265. The van der Waals surface area contributed by atoms with E-state index in [1.807, 2.05) is 74.8 Å². The second-order valence-electron chi connectivity index (χ2n) is 7.96. The number of nitrogens with one attached hydrogen (secondary N) is 1. The second-order valence-corrected chi connectivity index (χ2v) is 7.96. The Morgan fingerprint density at radius 3 is 2.25 bits per heavy atom. The van der Waals surface area contributed by atoms with Gasteiger partial charge in [-0.15, -0.1) is 5.10 Å². The zero-order chi connectivity index (χ0) is 20.1. The highest BCUT2D eigenvalue weighted by atomic mass is 16.2. The first-order valence-corrected chi connectivity index (χ1v) is 9.36. The predicted molar refractivity (Wildman–Crippen MR) is 111 cm³/mol. The fourth-order valence-corrected chi connectivity index (χ4v) is 3.24. The van der Waals surface area contributed by atoms with E-state index < -0.39 is 0 Å². The number of hydrogen-bond donors (Lipinski definition) is 1. The number of aromatic nitrogens is 3. The maximum atomic E-state index is 12.7. The Balaban J connectivity index is 1.88. The van der Waals surface area contributed by atoms with Gasteiger partial charge in [-0.2, -0.15) is 0 Å². The molecule has 0 radical (unpaired) electrons. The molecule has 0 saturated carbocycles. The van der Waals surface area contributed by atoms with Gasteiger partial charge in [-0.1, -0.05) is 62.4 Å². The number of rotatable bonds is 7. The van der Waals surface area contributed by atoms with Gasteiger partial charge in [-0.05, 0) is 31.6 Å². The SMILES string of the molecule is CN(C)CC(C)(C)CNC(=O)c1nc(-c2ccccc2)n(-c2ccccc2)n1. The average molecular weight is 377 g/mol. The van der Waals surface area contributed by atoms with E-state index in [2.05, 4.69) is 34.1 Å². The Morgan fingerprint density at radius 1 is 1.04 bits per heavy atom. The molecule has 0 aliphatic heterocycles. The highest BCUT2D eigenvalue weighted by molar-refractivity contribution is 5.91. The zero-order valence-electron chi connectivity index (χ0n) is 16.9. The number of benzene rings is 2. The fraction of sp³-hybridized carbons (Fsp3) is 0.318. The van der Waals surface area contributed by atoms with Crippen LogP contribution in [0.3, 0.4) is 0 Å². The number of hydrogen-bond acceptors (Lipinski definition) is 4. The minimum absolute atomic E-state index is 0.0522. The lowest BCUT2D eigenvalue weighted by atomic mass is 9.93. The second kappa shape index (κ2) is 8.35. The van der Waals surface area contributed by atoms with Crippen molar-refractivity contribution >= 4 is 5.91 Å². The first kappa shape index (κ1) is 19.8. The summed E-state index contributed by atoms with van der Waals surface area (Å²) in [7, 11) is 4.05. The third-order valence-corrected chi connectivity index (χ3v) is 4.31. The molecule has 1 aromatic heterocycles. The topological polar surface area (TPSA) is 63.1 Å². The molecule has 3 rings (SSSR count). The summed E-state index contributed by atoms with van der Waals surface area (Å²) in [4.78, 5) is 19.4. The highest BCUT2D eigenvalue weighted by Crippen LogP contribution is 2.21. The Labute approximate surface area is 166 Å². The van der Waals surface area contributed by atoms with Crippen molar-refractivity contribution in [1.29, 1.82) is 0 Å². The fourth-order valence-electron chi connectivity index (χ4n) is 3.24. The van der Waals surface area contributed by atoms with E-state index in [9.17, 15) is 4.79 Å². The zero-order valence-corrected chi connectivity index (χ0v) is 16.9. The molecule has 0 aliphatic rings. The van der Waals surface area contributed by atoms with Crippen LogP contribution in [-0.4, -0.2) is 52.8 Å². The third kappa shape index (κ3) is 4.84. The Hall–Kier alpha value is -2.99. The molecule has 0 saturated heterocycles. The van der Waals surface area contributed by atoms with Crippen molar-refractivity contribution in [3.8, 4) is 17.1 Å². The van der Waals surface area contributed by atoms with E-state index >= 15 is 0 Å². The van der Waals surface area contributed by atoms with Gasteiger partial charge in [0.1, 0.15) is 0 Å². The van der Waals surface area contributed by atoms with E-state index in [1.54, 1.807) is 4.68 Å². The van der Waals surface area contributed by atoms with Gasteiger partial charge in [0.2, 0.25) is 5.82 Å². The molecule has 1 amide bonds. The van der Waals surface area contributed by atoms with Gasteiger partial charge in [-0.25, -0.2) is 9.67 Å². The molecule has 1 N–H and O–H groups in total. The van der Waals surface area contributed by atoms with Crippen LogP contribution < -0.4 is 5.32 Å². The van der Waals surface area contributed by atoms with Crippen LogP contribution in [0.2, 0.25) is 0 Å². The summed E-state index contributed by atoms with van der Waals surface area (Å²) in [6.45, 7) is 5.66. The quantitative estimate of drug-likeness (QED) is 0.686. The van der Waals surface area contributed by atoms with Crippen molar-refractivity contribution in [1.82, 2.24) is 25.0 Å². The van der Waals surface area contributed by atoms with Crippen LogP contribution in [0.1, 0.15) is 24.5 Å². The standard InChI is InChI=1S/C22H27N5O/c1-22(2,16-26(3)4)15-23-21(28)19-24-20(17-11-7-5-8-12-17)27(25-19)18-13-9-6-10-14-18/h5-14H,15-16H2,1-4H3,(H,23,28). The van der Waals surface area contributed by atoms with Crippen molar-refractivity contribution in [3.63, 3.8) is 0 Å². The van der Waals surface area contributed by atoms with Gasteiger partial charge in [-0.3, -0.25) is 4.79 Å². The predicted octanol–water partition coefficient (Wildman–Crippen LogP) is 3.25. The maximum Gasteiger partial charge on any atom is 0.291 e. The molecular weight excluding hydrogens is 350 g/mol. The van der Waals surface area contributed by atoms with Crippen molar-refractivity contribution in [3.05, 3.63) is 66.5 Å². The highest BCUT2D eigenvalue weighted by Gasteiger charge is 2.23. The Bertz CT molecular complexity index is 860. The molecule has 0 bridgehead atoms. The number of amides is 1. The lowest BCUT2D eigenvalue weighted by Crippen LogP contribution is -2.40. The van der Waals surface area contributed by atoms with E-state index in [4.69, 9.17) is 0 Å². The largest absolute Gasteiger partial charge is 0.349 e. The molecule has 3 aromatic rings. The Kier molecular flexibility index (Phi) is 5.90. The smallest absolute Gasteiger partial charge is 0.291 e. The summed E-state index contributed by atoms with van der Waals surface area (Å²) in [5.74, 6) is 0.548. The molecule has 6 nitrogen and oxygen atoms in total. The summed E-state index contributed by atoms with van der Waals surface area (Å²) >= 11 is 0. The maximum absolute atomic E-state index is 12.7. The van der Waals surface area contributed by atoms with Gasteiger partial charge in [0.25, 0.3) is 5.91 Å². The van der Waals surface area contributed by atoms with E-state index in [1.165, 1.54) is 0 Å². The van der Waals surface area contributed by atoms with E-state index in [-0.39, 0.29) is 17.1 Å². The van der Waals surface area contributed by atoms with E-state index in [0.717, 1.165) is 17.8 Å². The van der Waals surface area contributed by atoms with Crippen molar-refractivity contribution in [2.75, 3.05) is 27.2 Å². The van der Waals surface area contributed by atoms with Crippen LogP contribution in [0.5, 0.6) is 0 Å². The Morgan fingerprint density at radius 2 is 1.64 bits per heavy atom. The molecule has 146 valence electrons. The summed E-state index contributed by atoms with van der Waals surface area (Å²) in [6, 6.07) is 19.5.